The summed E-state index contributed by atoms with van der Waals surface area (Å²) in [6.07, 6.45) is 5.65. The van der Waals surface area contributed by atoms with E-state index in [1.165, 1.54) is 48.4 Å². The van der Waals surface area contributed by atoms with Crippen LogP contribution in [0.5, 0.6) is 0 Å². The van der Waals surface area contributed by atoms with E-state index < -0.39 is 0 Å². The monoisotopic (exact) mass is 276 g/mol. The molecular weight excluding hydrogens is 252 g/mol. The Bertz CT molecular complexity index is 415. The van der Waals surface area contributed by atoms with Crippen LogP contribution >= 0.6 is 11.8 Å². The maximum atomic E-state index is 3.73. The third-order valence-electron chi connectivity index (χ3n) is 4.50. The average molecular weight is 276 g/mol. The summed E-state index contributed by atoms with van der Waals surface area (Å²) in [5.41, 5.74) is 1.50. The summed E-state index contributed by atoms with van der Waals surface area (Å²) in [5.74, 6) is 1.19. The maximum absolute atomic E-state index is 3.73. The van der Waals surface area contributed by atoms with Crippen LogP contribution in [0.15, 0.2) is 29.2 Å². The van der Waals surface area contributed by atoms with Crippen LogP contribution in [0.25, 0.3) is 0 Å². The van der Waals surface area contributed by atoms with Gasteiger partial charge in [-0.25, -0.2) is 0 Å². The fourth-order valence-electron chi connectivity index (χ4n) is 3.27. The van der Waals surface area contributed by atoms with Gasteiger partial charge in [0.05, 0.1) is 0 Å². The lowest BCUT2D eigenvalue weighted by atomic mass is 10.1. The second-order valence-corrected chi connectivity index (χ2v) is 6.84. The third kappa shape index (κ3) is 3.15. The van der Waals surface area contributed by atoms with Crippen molar-refractivity contribution in [2.45, 2.75) is 42.7 Å². The van der Waals surface area contributed by atoms with Crippen LogP contribution in [0.3, 0.4) is 0 Å². The quantitative estimate of drug-likeness (QED) is 0.888. The van der Waals surface area contributed by atoms with E-state index in [9.17, 15) is 0 Å². The smallest absolute Gasteiger partial charge is 0.0426 e. The fourth-order valence-corrected chi connectivity index (χ4v) is 4.47. The molecule has 0 aromatic heterocycles. The van der Waals surface area contributed by atoms with Gasteiger partial charge < -0.3 is 10.2 Å². The number of rotatable bonds is 5. The largest absolute Gasteiger partial charge is 0.308 e. The van der Waals surface area contributed by atoms with Gasteiger partial charge in [-0.2, -0.15) is 0 Å². The number of nitrogens with zero attached hydrogens (tertiary/aromatic N) is 1. The molecule has 3 heteroatoms. The second-order valence-electron chi connectivity index (χ2n) is 5.77. The van der Waals surface area contributed by atoms with Crippen molar-refractivity contribution < 1.29 is 0 Å². The molecule has 1 aliphatic heterocycles. The van der Waals surface area contributed by atoms with Gasteiger partial charge in [0.15, 0.2) is 0 Å². The van der Waals surface area contributed by atoms with Gasteiger partial charge in [0, 0.05) is 35.8 Å². The molecule has 2 aliphatic rings. The molecule has 0 saturated heterocycles. The first kappa shape index (κ1) is 13.5. The lowest BCUT2D eigenvalue weighted by Gasteiger charge is -2.25. The minimum absolute atomic E-state index is 0.554. The number of benzene rings is 1. The molecule has 3 rings (SSSR count). The zero-order valence-electron chi connectivity index (χ0n) is 11.8. The Morgan fingerprint density at radius 2 is 2.05 bits per heavy atom. The van der Waals surface area contributed by atoms with Gasteiger partial charge >= 0.3 is 0 Å². The van der Waals surface area contributed by atoms with Crippen LogP contribution in [0, 0.1) is 0 Å². The maximum Gasteiger partial charge on any atom is 0.0426 e. The normalized spacial score (nSPS) is 23.2. The molecule has 104 valence electrons. The molecule has 0 spiro atoms. The van der Waals surface area contributed by atoms with Crippen molar-refractivity contribution in [1.29, 1.82) is 0 Å². The van der Waals surface area contributed by atoms with Crippen molar-refractivity contribution in [3.8, 4) is 0 Å². The van der Waals surface area contributed by atoms with Gasteiger partial charge in [-0.1, -0.05) is 31.0 Å². The number of hydrogen-bond donors (Lipinski definition) is 1. The molecule has 0 radical (unpaired) electrons. The van der Waals surface area contributed by atoms with Crippen LogP contribution in [-0.4, -0.2) is 36.8 Å². The van der Waals surface area contributed by atoms with Gasteiger partial charge in [-0.15, -0.1) is 11.8 Å². The van der Waals surface area contributed by atoms with Crippen molar-refractivity contribution in [3.05, 3.63) is 29.8 Å². The van der Waals surface area contributed by atoms with E-state index in [4.69, 9.17) is 0 Å². The molecule has 0 amide bonds. The number of likely N-dealkylation sites (N-methyl/N-ethyl adjacent to an activating group) is 1. The highest BCUT2D eigenvalue weighted by molar-refractivity contribution is 7.99. The minimum atomic E-state index is 0.554. The van der Waals surface area contributed by atoms with Gasteiger partial charge in [-0.05, 0) is 31.5 Å². The van der Waals surface area contributed by atoms with Gasteiger partial charge in [0.2, 0.25) is 0 Å². The van der Waals surface area contributed by atoms with Crippen LogP contribution < -0.4 is 5.32 Å². The Morgan fingerprint density at radius 3 is 2.89 bits per heavy atom. The van der Waals surface area contributed by atoms with Crippen molar-refractivity contribution in [3.63, 3.8) is 0 Å². The predicted molar refractivity (Wildman–Crippen MR) is 82.8 cm³/mol. The van der Waals surface area contributed by atoms with E-state index >= 15 is 0 Å². The summed E-state index contributed by atoms with van der Waals surface area (Å²) in [7, 11) is 2.29. The summed E-state index contributed by atoms with van der Waals surface area (Å²) in [5, 5.41) is 3.73. The molecule has 1 saturated carbocycles. The second kappa shape index (κ2) is 6.29. The van der Waals surface area contributed by atoms with E-state index in [1.54, 1.807) is 0 Å². The molecular formula is C16H24N2S. The molecule has 1 N–H and O–H groups in total. The summed E-state index contributed by atoms with van der Waals surface area (Å²) in [6, 6.07) is 10.2. The van der Waals surface area contributed by atoms with Gasteiger partial charge in [0.25, 0.3) is 0 Å². The summed E-state index contributed by atoms with van der Waals surface area (Å²) in [4.78, 5) is 4.01. The van der Waals surface area contributed by atoms with E-state index in [2.05, 4.69) is 41.5 Å². The van der Waals surface area contributed by atoms with Crippen LogP contribution in [0.1, 0.15) is 37.3 Å². The predicted octanol–water partition coefficient (Wildman–Crippen LogP) is 3.30. The average Bonchev–Trinajstić information content (AvgIpc) is 3.08. The molecule has 1 fully saturated rings. The van der Waals surface area contributed by atoms with Crippen LogP contribution in [-0.2, 0) is 0 Å². The SMILES string of the molecule is CN(CCNC1CSc2ccccc21)C1CCCC1. The zero-order valence-corrected chi connectivity index (χ0v) is 12.6. The van der Waals surface area contributed by atoms with Crippen molar-refractivity contribution in [2.75, 3.05) is 25.9 Å². The Hall–Kier alpha value is -0.510. The molecule has 1 atom stereocenters. The summed E-state index contributed by atoms with van der Waals surface area (Å²) >= 11 is 1.98. The fraction of sp³-hybridized carbons (Fsp3) is 0.625. The summed E-state index contributed by atoms with van der Waals surface area (Å²) in [6.45, 7) is 2.28. The van der Waals surface area contributed by atoms with Crippen LogP contribution in [0.2, 0.25) is 0 Å². The Morgan fingerprint density at radius 1 is 1.26 bits per heavy atom. The molecule has 1 aromatic rings. The highest BCUT2D eigenvalue weighted by Gasteiger charge is 2.23. The van der Waals surface area contributed by atoms with E-state index in [-0.39, 0.29) is 0 Å². The van der Waals surface area contributed by atoms with E-state index in [0.717, 1.165) is 12.6 Å². The topological polar surface area (TPSA) is 15.3 Å². The molecule has 1 unspecified atom stereocenters. The Labute approximate surface area is 121 Å². The van der Waals surface area contributed by atoms with Crippen LogP contribution in [0.4, 0.5) is 0 Å². The minimum Gasteiger partial charge on any atom is -0.308 e. The third-order valence-corrected chi connectivity index (χ3v) is 5.69. The number of hydrogen-bond acceptors (Lipinski definition) is 3. The first-order valence-corrected chi connectivity index (χ1v) is 8.48. The first-order valence-electron chi connectivity index (χ1n) is 7.50. The standard InChI is InChI=1S/C16H24N2S/c1-18(13-6-2-3-7-13)11-10-17-15-12-19-16-9-5-4-8-14(15)16/h4-5,8-9,13,15,17H,2-3,6-7,10-12H2,1H3. The van der Waals surface area contributed by atoms with Gasteiger partial charge in [0.1, 0.15) is 0 Å². The highest BCUT2D eigenvalue weighted by atomic mass is 32.2. The molecule has 19 heavy (non-hydrogen) atoms. The molecule has 2 nitrogen and oxygen atoms in total. The van der Waals surface area contributed by atoms with Crippen molar-refractivity contribution in [2.24, 2.45) is 0 Å². The first-order chi connectivity index (χ1) is 9.34. The number of thioether (sulfide) groups is 1. The van der Waals surface area contributed by atoms with Gasteiger partial charge in [-0.3, -0.25) is 0 Å². The Kier molecular flexibility index (Phi) is 4.46. The van der Waals surface area contributed by atoms with E-state index in [0.29, 0.717) is 6.04 Å². The van der Waals surface area contributed by atoms with Crippen molar-refractivity contribution in [1.82, 2.24) is 10.2 Å². The highest BCUT2D eigenvalue weighted by Crippen LogP contribution is 2.37. The number of fused-ring (bicyclic) bond motifs is 1. The Balaban J connectivity index is 1.46. The zero-order chi connectivity index (χ0) is 13.1. The molecule has 0 bridgehead atoms. The number of nitrogens with one attached hydrogen (secondary N) is 1. The lowest BCUT2D eigenvalue weighted by molar-refractivity contribution is 0.243. The lowest BCUT2D eigenvalue weighted by Crippen LogP contribution is -2.36. The molecule has 1 aromatic carbocycles. The molecule has 1 aliphatic carbocycles. The van der Waals surface area contributed by atoms with Crippen molar-refractivity contribution >= 4 is 11.8 Å². The molecule has 1 heterocycles. The van der Waals surface area contributed by atoms with E-state index in [1.807, 2.05) is 11.8 Å². The summed E-state index contributed by atoms with van der Waals surface area (Å²) < 4.78 is 0.